The molecule has 26 heavy (non-hydrogen) atoms. The molecule has 4 aromatic rings. The maximum atomic E-state index is 13.1. The molecule has 0 bridgehead atoms. The van der Waals surface area contributed by atoms with Gasteiger partial charge in [0.2, 0.25) is 0 Å². The molecule has 0 unspecified atom stereocenters. The van der Waals surface area contributed by atoms with Crippen LogP contribution >= 0.6 is 0 Å². The Morgan fingerprint density at radius 3 is 2.46 bits per heavy atom. The van der Waals surface area contributed by atoms with E-state index in [9.17, 15) is 9.18 Å². The second kappa shape index (κ2) is 6.80. The Morgan fingerprint density at radius 1 is 0.962 bits per heavy atom. The van der Waals surface area contributed by atoms with Gasteiger partial charge in [0.1, 0.15) is 17.3 Å². The van der Waals surface area contributed by atoms with Crippen molar-refractivity contribution in [1.29, 1.82) is 0 Å². The summed E-state index contributed by atoms with van der Waals surface area (Å²) >= 11 is 0. The molecule has 0 saturated carbocycles. The quantitative estimate of drug-likeness (QED) is 0.599. The molecule has 0 spiro atoms. The fourth-order valence-corrected chi connectivity index (χ4v) is 2.87. The molecule has 2 aromatic carbocycles. The summed E-state index contributed by atoms with van der Waals surface area (Å²) in [5.41, 5.74) is 3.03. The number of hydrogen-bond donors (Lipinski definition) is 1. The number of pyridine rings is 1. The van der Waals surface area contributed by atoms with Crippen LogP contribution in [0.3, 0.4) is 0 Å². The Morgan fingerprint density at radius 2 is 1.69 bits per heavy atom. The van der Waals surface area contributed by atoms with Gasteiger partial charge >= 0.3 is 0 Å². The number of hydrogen-bond acceptors (Lipinski definition) is 2. The van der Waals surface area contributed by atoms with Gasteiger partial charge in [0.25, 0.3) is 5.91 Å². The van der Waals surface area contributed by atoms with Crippen molar-refractivity contribution < 1.29 is 9.18 Å². The van der Waals surface area contributed by atoms with E-state index in [-0.39, 0.29) is 11.7 Å². The Balaban J connectivity index is 1.71. The monoisotopic (exact) mass is 345 g/mol. The minimum absolute atomic E-state index is 0.301. The summed E-state index contributed by atoms with van der Waals surface area (Å²) in [4.78, 5) is 17.3. The molecular weight excluding hydrogens is 329 g/mol. The Bertz CT molecular complexity index is 1060. The molecule has 5 heteroatoms. The van der Waals surface area contributed by atoms with Gasteiger partial charge in [-0.1, -0.05) is 36.4 Å². The molecule has 0 saturated heterocycles. The van der Waals surface area contributed by atoms with Crippen molar-refractivity contribution >= 4 is 17.4 Å². The molecule has 0 radical (unpaired) electrons. The maximum absolute atomic E-state index is 13.1. The summed E-state index contributed by atoms with van der Waals surface area (Å²) in [5, 5.41) is 2.93. The van der Waals surface area contributed by atoms with Crippen LogP contribution in [0.25, 0.3) is 5.65 Å². The average molecular weight is 345 g/mol. The second-order valence-corrected chi connectivity index (χ2v) is 5.96. The molecular formula is C21H16FN3O. The van der Waals surface area contributed by atoms with Gasteiger partial charge in [0, 0.05) is 18.2 Å². The number of nitrogens with one attached hydrogen (secondary N) is 1. The predicted octanol–water partition coefficient (Wildman–Crippen LogP) is 4.32. The molecule has 0 aliphatic carbocycles. The minimum Gasteiger partial charge on any atom is -0.306 e. The smallest absolute Gasteiger partial charge is 0.256 e. The van der Waals surface area contributed by atoms with E-state index in [4.69, 9.17) is 0 Å². The van der Waals surface area contributed by atoms with E-state index in [1.54, 1.807) is 0 Å². The van der Waals surface area contributed by atoms with E-state index in [0.717, 1.165) is 16.9 Å². The first kappa shape index (κ1) is 16.0. The second-order valence-electron chi connectivity index (χ2n) is 5.96. The number of aromatic nitrogens is 2. The highest BCUT2D eigenvalue weighted by atomic mass is 19.1. The fourth-order valence-electron chi connectivity index (χ4n) is 2.87. The van der Waals surface area contributed by atoms with Crippen LogP contribution in [0.4, 0.5) is 10.2 Å². The van der Waals surface area contributed by atoms with Gasteiger partial charge in [-0.2, -0.15) is 0 Å². The lowest BCUT2D eigenvalue weighted by molar-refractivity contribution is 0.102. The van der Waals surface area contributed by atoms with E-state index in [1.165, 1.54) is 24.3 Å². The minimum atomic E-state index is -0.374. The molecule has 1 amide bonds. The van der Waals surface area contributed by atoms with Crippen LogP contribution < -0.4 is 5.32 Å². The molecule has 128 valence electrons. The summed E-state index contributed by atoms with van der Waals surface area (Å²) < 4.78 is 14.9. The molecule has 0 aliphatic heterocycles. The van der Waals surface area contributed by atoms with Crippen molar-refractivity contribution in [2.45, 2.75) is 6.42 Å². The summed E-state index contributed by atoms with van der Waals surface area (Å²) in [7, 11) is 0. The molecule has 2 aromatic heterocycles. The van der Waals surface area contributed by atoms with Crippen LogP contribution in [0.5, 0.6) is 0 Å². The first-order chi connectivity index (χ1) is 12.7. The van der Waals surface area contributed by atoms with E-state index >= 15 is 0 Å². The van der Waals surface area contributed by atoms with Gasteiger partial charge in [-0.25, -0.2) is 9.37 Å². The highest BCUT2D eigenvalue weighted by molar-refractivity contribution is 6.04. The van der Waals surface area contributed by atoms with Crippen LogP contribution in [0, 0.1) is 5.82 Å². The standard InChI is InChI=1S/C21H16FN3O/c22-17-11-9-16(10-12-17)21(26)24-20-18(14-15-6-2-1-3-7-15)23-19-8-4-5-13-25(19)20/h1-13H,14H2,(H,24,26). The number of anilines is 1. The van der Waals surface area contributed by atoms with Gasteiger partial charge in [-0.05, 0) is 42.0 Å². The van der Waals surface area contributed by atoms with Gasteiger partial charge in [-0.15, -0.1) is 0 Å². The zero-order valence-electron chi connectivity index (χ0n) is 13.9. The summed E-state index contributed by atoms with van der Waals surface area (Å²) in [6.45, 7) is 0. The Kier molecular flexibility index (Phi) is 4.19. The Labute approximate surface area is 149 Å². The normalized spacial score (nSPS) is 10.8. The Hall–Kier alpha value is -3.47. The van der Waals surface area contributed by atoms with Crippen LogP contribution in [-0.4, -0.2) is 15.3 Å². The van der Waals surface area contributed by atoms with Crippen molar-refractivity contribution in [2.75, 3.05) is 5.32 Å². The third-order valence-electron chi connectivity index (χ3n) is 4.15. The van der Waals surface area contributed by atoms with Crippen LogP contribution in [0.1, 0.15) is 21.6 Å². The summed E-state index contributed by atoms with van der Waals surface area (Å²) in [5.74, 6) is -0.0511. The van der Waals surface area contributed by atoms with E-state index in [2.05, 4.69) is 10.3 Å². The zero-order valence-corrected chi connectivity index (χ0v) is 13.9. The largest absolute Gasteiger partial charge is 0.306 e. The molecule has 2 heterocycles. The van der Waals surface area contributed by atoms with Crippen molar-refractivity contribution in [2.24, 2.45) is 0 Å². The van der Waals surface area contributed by atoms with Gasteiger partial charge in [-0.3, -0.25) is 9.20 Å². The lowest BCUT2D eigenvalue weighted by Crippen LogP contribution is -2.14. The van der Waals surface area contributed by atoms with Crippen molar-refractivity contribution in [1.82, 2.24) is 9.38 Å². The molecule has 1 N–H and O–H groups in total. The lowest BCUT2D eigenvalue weighted by atomic mass is 10.1. The highest BCUT2D eigenvalue weighted by Crippen LogP contribution is 2.22. The number of imidazole rings is 1. The fraction of sp³-hybridized carbons (Fsp3) is 0.0476. The third kappa shape index (κ3) is 3.19. The number of nitrogens with zero attached hydrogens (tertiary/aromatic N) is 2. The van der Waals surface area contributed by atoms with Crippen LogP contribution in [0.2, 0.25) is 0 Å². The average Bonchev–Trinajstić information content (AvgIpc) is 3.00. The predicted molar refractivity (Wildman–Crippen MR) is 98.8 cm³/mol. The van der Waals surface area contributed by atoms with Gasteiger partial charge in [0.15, 0.2) is 0 Å². The summed E-state index contributed by atoms with van der Waals surface area (Å²) in [6, 6.07) is 21.1. The maximum Gasteiger partial charge on any atom is 0.256 e. The number of amides is 1. The number of carbonyl (C=O) groups excluding carboxylic acids is 1. The van der Waals surface area contributed by atoms with E-state index in [0.29, 0.717) is 17.8 Å². The van der Waals surface area contributed by atoms with Crippen LogP contribution in [-0.2, 0) is 6.42 Å². The molecule has 0 atom stereocenters. The van der Waals surface area contributed by atoms with Gasteiger partial charge < -0.3 is 5.32 Å². The first-order valence-corrected chi connectivity index (χ1v) is 8.27. The molecule has 0 aliphatic rings. The molecule has 4 nitrogen and oxygen atoms in total. The van der Waals surface area contributed by atoms with Crippen molar-refractivity contribution in [3.05, 3.63) is 102 Å². The first-order valence-electron chi connectivity index (χ1n) is 8.27. The SMILES string of the molecule is O=C(Nc1c(Cc2ccccc2)nc2ccccn12)c1ccc(F)cc1. The van der Waals surface area contributed by atoms with Crippen LogP contribution in [0.15, 0.2) is 79.0 Å². The summed E-state index contributed by atoms with van der Waals surface area (Å²) in [6.07, 6.45) is 2.46. The molecule has 4 rings (SSSR count). The molecule has 0 fully saturated rings. The number of halogens is 1. The van der Waals surface area contributed by atoms with E-state index < -0.39 is 0 Å². The van der Waals surface area contributed by atoms with Crippen molar-refractivity contribution in [3.8, 4) is 0 Å². The van der Waals surface area contributed by atoms with Gasteiger partial charge in [0.05, 0.1) is 5.69 Å². The number of fused-ring (bicyclic) bond motifs is 1. The zero-order chi connectivity index (χ0) is 17.9. The number of benzene rings is 2. The lowest BCUT2D eigenvalue weighted by Gasteiger charge is -2.08. The topological polar surface area (TPSA) is 46.4 Å². The van der Waals surface area contributed by atoms with E-state index in [1.807, 2.05) is 59.1 Å². The number of rotatable bonds is 4. The third-order valence-corrected chi connectivity index (χ3v) is 4.15. The van der Waals surface area contributed by atoms with Crippen molar-refractivity contribution in [3.63, 3.8) is 0 Å². The number of carbonyl (C=O) groups is 1. The highest BCUT2D eigenvalue weighted by Gasteiger charge is 2.16.